The number of pyridine rings is 1. The zero-order valence-corrected chi connectivity index (χ0v) is 26.6. The molecule has 0 aliphatic carbocycles. The summed E-state index contributed by atoms with van der Waals surface area (Å²) >= 11 is 6.77. The van der Waals surface area contributed by atoms with Crippen LogP contribution < -0.4 is 9.64 Å². The number of ether oxygens (including phenoxy) is 2. The molecule has 5 aliphatic heterocycles. The summed E-state index contributed by atoms with van der Waals surface area (Å²) in [7, 11) is 1.64. The fourth-order valence-corrected chi connectivity index (χ4v) is 8.22. The number of rotatable bonds is 3. The highest BCUT2D eigenvalue weighted by Crippen LogP contribution is 2.42. The number of amides is 1. The summed E-state index contributed by atoms with van der Waals surface area (Å²) in [4.78, 5) is 32.5. The van der Waals surface area contributed by atoms with Crippen LogP contribution in [0.2, 0.25) is 5.02 Å². The number of H-pyrrole nitrogens is 1. The van der Waals surface area contributed by atoms with E-state index in [1.54, 1.807) is 24.2 Å². The summed E-state index contributed by atoms with van der Waals surface area (Å²) in [6.45, 7) is 1.92. The molecule has 1 aromatic carbocycles. The topological polar surface area (TPSA) is 133 Å². The lowest BCUT2D eigenvalue weighted by Gasteiger charge is -2.40. The fraction of sp³-hybridized carbons (Fsp3) is 0.531. The van der Waals surface area contributed by atoms with Crippen molar-refractivity contribution in [1.82, 2.24) is 34.9 Å². The summed E-state index contributed by atoms with van der Waals surface area (Å²) in [5.74, 6) is -0.368. The van der Waals surface area contributed by atoms with E-state index >= 15 is 4.39 Å². The van der Waals surface area contributed by atoms with Gasteiger partial charge in [0.25, 0.3) is 0 Å². The Bertz CT molecular complexity index is 1880. The quantitative estimate of drug-likeness (QED) is 0.326. The van der Waals surface area contributed by atoms with E-state index in [2.05, 4.69) is 25.1 Å². The maximum absolute atomic E-state index is 17.0. The Morgan fingerprint density at radius 1 is 1.21 bits per heavy atom. The largest absolute Gasteiger partial charge is 0.461 e. The van der Waals surface area contributed by atoms with E-state index in [0.717, 1.165) is 19.4 Å². The summed E-state index contributed by atoms with van der Waals surface area (Å²) in [6.07, 6.45) is 4.10. The zero-order chi connectivity index (χ0) is 32.4. The lowest BCUT2D eigenvalue weighted by atomic mass is 9.95. The van der Waals surface area contributed by atoms with Crippen LogP contribution in [0.25, 0.3) is 33.1 Å². The second kappa shape index (κ2) is 11.7. The van der Waals surface area contributed by atoms with E-state index in [0.29, 0.717) is 77.0 Å². The number of aromatic amines is 1. The molecule has 248 valence electrons. The summed E-state index contributed by atoms with van der Waals surface area (Å²) in [5, 5.41) is 19.4. The fourth-order valence-electron chi connectivity index (χ4n) is 7.92. The standard InChI is InChI=1S/C32H35ClF2N8O4/c1-41-18-8-19(44)15-42(14-18)29-22-11-36-28(25-20(4-2-7-46-31(41)45)23(33)9-24-21(25)12-37-40-24)26(35)27(22)38-30(39-29)47-16-32-5-3-6-43(32)13-17(34)10-32/h9,11-12,17-19,44H,2-8,10,13-16H2,1H3,(H,37,40)/t17-,18?,19-,32+/m1/s1. The Morgan fingerprint density at radius 3 is 2.96 bits per heavy atom. The van der Waals surface area contributed by atoms with Gasteiger partial charge in [0.15, 0.2) is 5.82 Å². The molecule has 4 atom stereocenters. The minimum Gasteiger partial charge on any atom is -0.461 e. The molecular weight excluding hydrogens is 634 g/mol. The average Bonchev–Trinajstić information content (AvgIpc) is 3.75. The van der Waals surface area contributed by atoms with Gasteiger partial charge in [-0.05, 0) is 50.3 Å². The van der Waals surface area contributed by atoms with E-state index < -0.39 is 35.8 Å². The van der Waals surface area contributed by atoms with Crippen molar-refractivity contribution in [2.24, 2.45) is 0 Å². The highest BCUT2D eigenvalue weighted by Gasteiger charge is 2.49. The van der Waals surface area contributed by atoms with Crippen LogP contribution in [-0.4, -0.2) is 116 Å². The Balaban J connectivity index is 1.31. The number of aliphatic hydroxyl groups is 1. The lowest BCUT2D eigenvalue weighted by molar-refractivity contribution is 0.0688. The van der Waals surface area contributed by atoms with Gasteiger partial charge in [-0.25, -0.2) is 13.6 Å². The highest BCUT2D eigenvalue weighted by molar-refractivity contribution is 6.33. The number of alkyl halides is 1. The summed E-state index contributed by atoms with van der Waals surface area (Å²) in [6, 6.07) is 1.26. The maximum atomic E-state index is 17.0. The van der Waals surface area contributed by atoms with E-state index in [-0.39, 0.29) is 37.0 Å². The molecule has 5 aliphatic rings. The second-order valence-electron chi connectivity index (χ2n) is 13.2. The number of carbonyl (C=O) groups is 1. The molecule has 9 rings (SSSR count). The number of hydrogen-bond donors (Lipinski definition) is 2. The predicted octanol–water partition coefficient (Wildman–Crippen LogP) is 4.27. The molecule has 3 aromatic heterocycles. The van der Waals surface area contributed by atoms with Crippen molar-refractivity contribution < 1.29 is 28.2 Å². The number of fused-ring (bicyclic) bond motifs is 8. The molecule has 0 saturated carbocycles. The number of aliphatic hydroxyl groups excluding tert-OH is 1. The molecule has 0 spiro atoms. The molecule has 2 N–H and O–H groups in total. The molecule has 3 saturated heterocycles. The maximum Gasteiger partial charge on any atom is 0.409 e. The van der Waals surface area contributed by atoms with Gasteiger partial charge in [0.1, 0.15) is 29.8 Å². The normalized spacial score (nSPS) is 26.7. The SMILES string of the molecule is CN1C(=O)OCCCc2c(Cl)cc3[nH]ncc3c2-c2ncc3c(nc(OC[C@@]45CCCN4C[C@H](F)C5)nc3c2F)N2CC1C[C@@H](O)C2. The van der Waals surface area contributed by atoms with Crippen LogP contribution in [0.3, 0.4) is 0 Å². The molecular formula is C32H35ClF2N8O4. The molecule has 1 amide bonds. The lowest BCUT2D eigenvalue weighted by Crippen LogP contribution is -2.53. The minimum absolute atomic E-state index is 0.00962. The van der Waals surface area contributed by atoms with Gasteiger partial charge in [-0.3, -0.25) is 15.0 Å². The van der Waals surface area contributed by atoms with Crippen LogP contribution in [-0.2, 0) is 11.2 Å². The monoisotopic (exact) mass is 668 g/mol. The molecule has 15 heteroatoms. The minimum atomic E-state index is -0.938. The Kier molecular flexibility index (Phi) is 7.56. The van der Waals surface area contributed by atoms with E-state index in [1.807, 2.05) is 0 Å². The number of halogens is 3. The molecule has 4 aromatic rings. The smallest absolute Gasteiger partial charge is 0.409 e. The van der Waals surface area contributed by atoms with Gasteiger partial charge in [0.05, 0.1) is 41.4 Å². The Morgan fingerprint density at radius 2 is 2.09 bits per heavy atom. The van der Waals surface area contributed by atoms with Crippen molar-refractivity contribution >= 4 is 45.3 Å². The van der Waals surface area contributed by atoms with Gasteiger partial charge < -0.3 is 24.4 Å². The van der Waals surface area contributed by atoms with Gasteiger partial charge >= 0.3 is 12.1 Å². The van der Waals surface area contributed by atoms with Crippen molar-refractivity contribution in [2.75, 3.05) is 51.3 Å². The third-order valence-corrected chi connectivity index (χ3v) is 10.6. The van der Waals surface area contributed by atoms with Crippen LogP contribution in [0.5, 0.6) is 6.01 Å². The van der Waals surface area contributed by atoms with E-state index in [9.17, 15) is 14.3 Å². The van der Waals surface area contributed by atoms with Crippen LogP contribution >= 0.6 is 11.6 Å². The number of piperidine rings is 1. The molecule has 1 unspecified atom stereocenters. The van der Waals surface area contributed by atoms with Crippen molar-refractivity contribution in [3.8, 4) is 17.3 Å². The van der Waals surface area contributed by atoms with Gasteiger partial charge in [0.2, 0.25) is 0 Å². The van der Waals surface area contributed by atoms with Crippen molar-refractivity contribution in [3.63, 3.8) is 0 Å². The van der Waals surface area contributed by atoms with Crippen molar-refractivity contribution in [1.29, 1.82) is 0 Å². The van der Waals surface area contributed by atoms with Crippen LogP contribution in [0.1, 0.15) is 37.7 Å². The first-order valence-corrected chi connectivity index (χ1v) is 16.4. The highest BCUT2D eigenvalue weighted by atomic mass is 35.5. The number of hydrogen-bond acceptors (Lipinski definition) is 10. The van der Waals surface area contributed by atoms with E-state index in [1.165, 1.54) is 11.1 Å². The van der Waals surface area contributed by atoms with Crippen LogP contribution in [0.4, 0.5) is 19.4 Å². The summed E-state index contributed by atoms with van der Waals surface area (Å²) in [5.41, 5.74) is 1.28. The number of benzene rings is 1. The number of carbonyl (C=O) groups excluding carboxylic acids is 1. The van der Waals surface area contributed by atoms with Gasteiger partial charge in [-0.1, -0.05) is 11.6 Å². The number of nitrogens with zero attached hydrogens (tertiary/aromatic N) is 7. The summed E-state index contributed by atoms with van der Waals surface area (Å²) < 4.78 is 43.4. The molecule has 0 radical (unpaired) electrons. The number of anilines is 1. The first kappa shape index (κ1) is 30.5. The molecule has 12 nitrogen and oxygen atoms in total. The van der Waals surface area contributed by atoms with Gasteiger partial charge in [-0.15, -0.1) is 0 Å². The molecule has 47 heavy (non-hydrogen) atoms. The van der Waals surface area contributed by atoms with Gasteiger partial charge in [-0.2, -0.15) is 15.1 Å². The third-order valence-electron chi connectivity index (χ3n) is 10.2. The van der Waals surface area contributed by atoms with Gasteiger partial charge in [0, 0.05) is 55.3 Å². The molecule has 8 heterocycles. The predicted molar refractivity (Wildman–Crippen MR) is 170 cm³/mol. The third kappa shape index (κ3) is 5.21. The van der Waals surface area contributed by atoms with Crippen molar-refractivity contribution in [3.05, 3.63) is 34.9 Å². The average molecular weight is 669 g/mol. The van der Waals surface area contributed by atoms with Crippen LogP contribution in [0.15, 0.2) is 18.5 Å². The zero-order valence-electron chi connectivity index (χ0n) is 25.9. The molecule has 3 fully saturated rings. The van der Waals surface area contributed by atoms with Crippen molar-refractivity contribution in [2.45, 2.75) is 62.4 Å². The van der Waals surface area contributed by atoms with E-state index in [4.69, 9.17) is 26.1 Å². The second-order valence-corrected chi connectivity index (χ2v) is 13.6. The Labute approximate surface area is 274 Å². The first-order chi connectivity index (χ1) is 22.7. The molecule has 6 bridgehead atoms. The Hall–Kier alpha value is -3.88. The number of nitrogens with one attached hydrogen (secondary N) is 1. The number of likely N-dealkylation sites (N-methyl/N-ethyl adjacent to an activating group) is 1. The van der Waals surface area contributed by atoms with Crippen LogP contribution in [0, 0.1) is 5.82 Å². The number of aromatic nitrogens is 5. The first-order valence-electron chi connectivity index (χ1n) is 16.1.